The highest BCUT2D eigenvalue weighted by Crippen LogP contribution is 2.66. The van der Waals surface area contributed by atoms with Crippen LogP contribution in [0.1, 0.15) is 48.1 Å². The maximum Gasteiger partial charge on any atom is 0.246 e. The lowest BCUT2D eigenvalue weighted by Gasteiger charge is -2.66. The molecule has 5 atom stereocenters. The molecular formula is C28H31BrN2O4S. The number of benzene rings is 1. The molecule has 3 fully saturated rings. The summed E-state index contributed by atoms with van der Waals surface area (Å²) in [5.41, 5.74) is 0.415. The number of piperidine rings is 1. The molecule has 2 aromatic rings. The van der Waals surface area contributed by atoms with E-state index in [0.29, 0.717) is 24.5 Å². The number of likely N-dealkylation sites (tertiary alicyclic amines) is 1. The van der Waals surface area contributed by atoms with Gasteiger partial charge in [-0.2, -0.15) is 0 Å². The van der Waals surface area contributed by atoms with Gasteiger partial charge in [0.2, 0.25) is 5.91 Å². The molecule has 2 unspecified atom stereocenters. The number of halogens is 1. The summed E-state index contributed by atoms with van der Waals surface area (Å²) in [5.74, 6) is 1.33. The molecule has 2 N–H and O–H groups in total. The zero-order chi connectivity index (χ0) is 24.8. The first-order valence-electron chi connectivity index (χ1n) is 13.0. The summed E-state index contributed by atoms with van der Waals surface area (Å²) in [6.07, 6.45) is 8.72. The third kappa shape index (κ3) is 3.11. The van der Waals surface area contributed by atoms with Crippen LogP contribution in [0.2, 0.25) is 0 Å². The van der Waals surface area contributed by atoms with Crippen molar-refractivity contribution in [3.05, 3.63) is 50.1 Å². The van der Waals surface area contributed by atoms with E-state index in [4.69, 9.17) is 4.74 Å². The number of thiophene rings is 1. The Bertz CT molecular complexity index is 1270. The molecule has 6 nitrogen and oxygen atoms in total. The van der Waals surface area contributed by atoms with E-state index < -0.39 is 11.0 Å². The minimum atomic E-state index is -1.15. The van der Waals surface area contributed by atoms with Gasteiger partial charge in [0.05, 0.1) is 11.5 Å². The fourth-order valence-corrected chi connectivity index (χ4v) is 9.15. The van der Waals surface area contributed by atoms with Crippen molar-refractivity contribution in [2.45, 2.75) is 67.7 Å². The number of carbonyl (C=O) groups is 1. The van der Waals surface area contributed by atoms with Gasteiger partial charge in [-0.15, -0.1) is 11.3 Å². The smallest absolute Gasteiger partial charge is 0.246 e. The molecule has 7 rings (SSSR count). The highest BCUT2D eigenvalue weighted by molar-refractivity contribution is 9.10. The van der Waals surface area contributed by atoms with Gasteiger partial charge in [0.1, 0.15) is 11.7 Å². The molecule has 2 aliphatic heterocycles. The van der Waals surface area contributed by atoms with Crippen molar-refractivity contribution in [1.29, 1.82) is 0 Å². The zero-order valence-corrected chi connectivity index (χ0v) is 22.7. The lowest BCUT2D eigenvalue weighted by Crippen LogP contribution is -2.81. The van der Waals surface area contributed by atoms with Crippen LogP contribution in [-0.2, 0) is 16.6 Å². The number of rotatable bonds is 5. The van der Waals surface area contributed by atoms with E-state index in [1.807, 2.05) is 30.6 Å². The quantitative estimate of drug-likeness (QED) is 0.524. The number of carbonyl (C=O) groups excluding carboxylic acids is 1. The maximum atomic E-state index is 13.5. The van der Waals surface area contributed by atoms with Crippen molar-refractivity contribution in [2.75, 3.05) is 20.1 Å². The number of hydrogen-bond donors (Lipinski definition) is 2. The maximum absolute atomic E-state index is 13.5. The standard InChI is InChI=1S/C28H31BrN2O4S/c1-30(24(33)9-5-19-13-18(29)15-36-19)21-7-8-23-27-10-11-31(14-16-2-3-16)22(28(21,27)34)12-17-4-6-20(32)26(35-23)25(17)27/h4-6,9,13,15-16,21-23,32,34H,2-3,7-8,10-12,14H2,1H3/b9-5+/t21?,22-,23?,27-,28-/m1/s1. The van der Waals surface area contributed by atoms with Gasteiger partial charge in [0, 0.05) is 46.0 Å². The Balaban J connectivity index is 1.31. The third-order valence-electron chi connectivity index (χ3n) is 9.54. The van der Waals surface area contributed by atoms with Crippen LogP contribution >= 0.6 is 27.3 Å². The lowest BCUT2D eigenvalue weighted by atomic mass is 9.47. The van der Waals surface area contributed by atoms with Crippen LogP contribution in [0.4, 0.5) is 0 Å². The Morgan fingerprint density at radius 1 is 1.33 bits per heavy atom. The number of amides is 1. The normalized spacial score (nSPS) is 34.5. The summed E-state index contributed by atoms with van der Waals surface area (Å²) in [5, 5.41) is 25.8. The second-order valence-electron chi connectivity index (χ2n) is 11.3. The highest BCUT2D eigenvalue weighted by atomic mass is 79.9. The first-order valence-corrected chi connectivity index (χ1v) is 14.7. The topological polar surface area (TPSA) is 73.2 Å². The van der Waals surface area contributed by atoms with Gasteiger partial charge >= 0.3 is 0 Å². The fraction of sp³-hybridized carbons (Fsp3) is 0.536. The second kappa shape index (κ2) is 8.06. The molecule has 1 saturated heterocycles. The molecule has 3 heterocycles. The largest absolute Gasteiger partial charge is 0.504 e. The van der Waals surface area contributed by atoms with E-state index in [2.05, 4.69) is 20.8 Å². The van der Waals surface area contributed by atoms with Crippen LogP contribution in [0.5, 0.6) is 11.5 Å². The van der Waals surface area contributed by atoms with E-state index in [-0.39, 0.29) is 29.8 Å². The average molecular weight is 572 g/mol. The molecule has 1 spiro atoms. The predicted molar refractivity (Wildman–Crippen MR) is 142 cm³/mol. The Hall–Kier alpha value is -1.87. The van der Waals surface area contributed by atoms with Gasteiger partial charge in [-0.3, -0.25) is 9.69 Å². The van der Waals surface area contributed by atoms with Crippen molar-refractivity contribution >= 4 is 39.2 Å². The van der Waals surface area contributed by atoms with Crippen molar-refractivity contribution in [3.63, 3.8) is 0 Å². The highest BCUT2D eigenvalue weighted by Gasteiger charge is 2.74. The number of hydrogen-bond acceptors (Lipinski definition) is 6. The number of nitrogens with zero attached hydrogens (tertiary/aromatic N) is 2. The van der Waals surface area contributed by atoms with Crippen LogP contribution in [0, 0.1) is 5.92 Å². The van der Waals surface area contributed by atoms with Crippen LogP contribution in [-0.4, -0.2) is 69.8 Å². The monoisotopic (exact) mass is 570 g/mol. The number of aliphatic hydroxyl groups is 1. The van der Waals surface area contributed by atoms with Crippen molar-refractivity contribution < 1.29 is 19.7 Å². The fourth-order valence-electron chi connectivity index (χ4n) is 7.82. The molecule has 3 aliphatic carbocycles. The molecule has 2 bridgehead atoms. The Morgan fingerprint density at radius 2 is 2.17 bits per heavy atom. The van der Waals surface area contributed by atoms with E-state index >= 15 is 0 Å². The van der Waals surface area contributed by atoms with Gasteiger partial charge in [-0.05, 0) is 90.7 Å². The predicted octanol–water partition coefficient (Wildman–Crippen LogP) is 4.32. The Kier molecular flexibility index (Phi) is 5.21. The number of likely N-dealkylation sites (N-methyl/N-ethyl adjacent to an activating group) is 1. The van der Waals surface area contributed by atoms with Crippen LogP contribution in [0.3, 0.4) is 0 Å². The number of aromatic hydroxyl groups is 1. The molecule has 5 aliphatic rings. The molecule has 2 saturated carbocycles. The molecule has 0 radical (unpaired) electrons. The molecule has 190 valence electrons. The molecule has 1 amide bonds. The molecule has 1 aromatic heterocycles. The van der Waals surface area contributed by atoms with Crippen molar-refractivity contribution in [1.82, 2.24) is 9.80 Å². The van der Waals surface area contributed by atoms with Crippen LogP contribution in [0.25, 0.3) is 6.08 Å². The third-order valence-corrected chi connectivity index (χ3v) is 11.2. The second-order valence-corrected chi connectivity index (χ2v) is 13.2. The minimum Gasteiger partial charge on any atom is -0.504 e. The Morgan fingerprint density at radius 3 is 2.92 bits per heavy atom. The summed E-state index contributed by atoms with van der Waals surface area (Å²) in [4.78, 5) is 18.7. The van der Waals surface area contributed by atoms with E-state index in [0.717, 1.165) is 40.8 Å². The van der Waals surface area contributed by atoms with Gasteiger partial charge in [-0.25, -0.2) is 0 Å². The van der Waals surface area contributed by atoms with E-state index in [1.165, 1.54) is 18.4 Å². The van der Waals surface area contributed by atoms with Gasteiger partial charge < -0.3 is 19.8 Å². The van der Waals surface area contributed by atoms with Crippen molar-refractivity contribution in [3.8, 4) is 11.5 Å². The molecule has 36 heavy (non-hydrogen) atoms. The number of ether oxygens (including phenoxy) is 1. The van der Waals surface area contributed by atoms with Crippen LogP contribution < -0.4 is 4.74 Å². The summed E-state index contributed by atoms with van der Waals surface area (Å²) in [6.45, 7) is 1.92. The summed E-state index contributed by atoms with van der Waals surface area (Å²) in [7, 11) is 1.84. The van der Waals surface area contributed by atoms with E-state index in [9.17, 15) is 15.0 Å². The average Bonchev–Trinajstić information content (AvgIpc) is 3.47. The van der Waals surface area contributed by atoms with E-state index in [1.54, 1.807) is 28.4 Å². The first-order chi connectivity index (χ1) is 17.3. The molecular weight excluding hydrogens is 540 g/mol. The van der Waals surface area contributed by atoms with Crippen molar-refractivity contribution in [2.24, 2.45) is 5.92 Å². The van der Waals surface area contributed by atoms with Gasteiger partial charge in [0.25, 0.3) is 0 Å². The summed E-state index contributed by atoms with van der Waals surface area (Å²) >= 11 is 5.05. The van der Waals surface area contributed by atoms with Gasteiger partial charge in [0.15, 0.2) is 11.5 Å². The Labute approximate surface area is 223 Å². The molecule has 8 heteroatoms. The number of phenols is 1. The van der Waals surface area contributed by atoms with Gasteiger partial charge in [-0.1, -0.05) is 6.07 Å². The summed E-state index contributed by atoms with van der Waals surface area (Å²) < 4.78 is 7.45. The summed E-state index contributed by atoms with van der Waals surface area (Å²) in [6, 6.07) is 5.34. The molecule has 1 aromatic carbocycles. The van der Waals surface area contributed by atoms with Crippen LogP contribution in [0.15, 0.2) is 34.1 Å². The lowest BCUT2D eigenvalue weighted by molar-refractivity contribution is -0.217. The minimum absolute atomic E-state index is 0.0845. The number of phenolic OH excluding ortho intramolecular Hbond substituents is 1. The SMILES string of the molecule is CN(C(=O)/C=C/c1cc(Br)cs1)C1CCC2Oc3c(O)ccc4c3[C@@]23CCN(CC2CC2)[C@H](C4)[C@]13O. The zero-order valence-electron chi connectivity index (χ0n) is 20.3. The first kappa shape index (κ1) is 23.3.